The largest absolute Gasteiger partial charge is 0.347 e. The molecule has 0 aliphatic heterocycles. The lowest BCUT2D eigenvalue weighted by atomic mass is 10.2. The van der Waals surface area contributed by atoms with E-state index in [9.17, 15) is 0 Å². The van der Waals surface area contributed by atoms with Crippen molar-refractivity contribution in [2.45, 2.75) is 26.1 Å². The van der Waals surface area contributed by atoms with Crippen LogP contribution in [0.1, 0.15) is 30.2 Å². The molecule has 3 rings (SSSR count). The minimum atomic E-state index is 0.168. The van der Waals surface area contributed by atoms with E-state index in [1.165, 1.54) is 5.56 Å². The zero-order valence-corrected chi connectivity index (χ0v) is 12.0. The minimum Gasteiger partial charge on any atom is -0.347 e. The molecule has 0 fully saturated rings. The summed E-state index contributed by atoms with van der Waals surface area (Å²) in [6, 6.07) is 10.6. The SMILES string of the molecule is C[C@H](NCc1nccn1Cc1ccccc1)c1ncc[nH]1. The maximum Gasteiger partial charge on any atom is 0.122 e. The predicted octanol–water partition coefficient (Wildman–Crippen LogP) is 2.51. The lowest BCUT2D eigenvalue weighted by molar-refractivity contribution is 0.525. The molecule has 108 valence electrons. The molecule has 0 unspecified atom stereocenters. The Morgan fingerprint density at radius 1 is 1.19 bits per heavy atom. The van der Waals surface area contributed by atoms with Crippen LogP contribution in [0, 0.1) is 0 Å². The van der Waals surface area contributed by atoms with Crippen molar-refractivity contribution in [3.63, 3.8) is 0 Å². The van der Waals surface area contributed by atoms with Crippen molar-refractivity contribution in [3.05, 3.63) is 72.3 Å². The van der Waals surface area contributed by atoms with Crippen molar-refractivity contribution in [2.75, 3.05) is 0 Å². The van der Waals surface area contributed by atoms with Gasteiger partial charge in [0.2, 0.25) is 0 Å². The number of rotatable bonds is 6. The summed E-state index contributed by atoms with van der Waals surface area (Å²) in [7, 11) is 0. The highest BCUT2D eigenvalue weighted by atomic mass is 15.1. The molecule has 1 aromatic carbocycles. The molecule has 2 N–H and O–H groups in total. The molecule has 0 spiro atoms. The molecule has 2 aromatic heterocycles. The van der Waals surface area contributed by atoms with Crippen molar-refractivity contribution in [2.24, 2.45) is 0 Å². The number of hydrogen-bond acceptors (Lipinski definition) is 3. The average molecular weight is 281 g/mol. The van der Waals surface area contributed by atoms with Crippen LogP contribution in [0.4, 0.5) is 0 Å². The molecule has 2 heterocycles. The van der Waals surface area contributed by atoms with E-state index in [0.29, 0.717) is 6.54 Å². The number of aromatic nitrogens is 4. The van der Waals surface area contributed by atoms with Crippen LogP contribution in [0.5, 0.6) is 0 Å². The Kier molecular flexibility index (Phi) is 4.12. The molecule has 3 aromatic rings. The fraction of sp³-hybridized carbons (Fsp3) is 0.250. The average Bonchev–Trinajstić information content (AvgIpc) is 3.18. The summed E-state index contributed by atoms with van der Waals surface area (Å²) >= 11 is 0. The van der Waals surface area contributed by atoms with Crippen molar-refractivity contribution in [1.82, 2.24) is 24.8 Å². The number of nitrogens with zero attached hydrogens (tertiary/aromatic N) is 3. The lowest BCUT2D eigenvalue weighted by Gasteiger charge is -2.13. The molecule has 5 heteroatoms. The second kappa shape index (κ2) is 6.37. The van der Waals surface area contributed by atoms with Crippen LogP contribution >= 0.6 is 0 Å². The molecule has 0 amide bonds. The fourth-order valence-corrected chi connectivity index (χ4v) is 2.29. The number of H-pyrrole nitrogens is 1. The Labute approximate surface area is 124 Å². The van der Waals surface area contributed by atoms with Crippen LogP contribution in [0.25, 0.3) is 0 Å². The quantitative estimate of drug-likeness (QED) is 0.730. The van der Waals surface area contributed by atoms with Crippen LogP contribution < -0.4 is 5.32 Å². The summed E-state index contributed by atoms with van der Waals surface area (Å²) in [6.45, 7) is 3.64. The van der Waals surface area contributed by atoms with E-state index in [4.69, 9.17) is 0 Å². The third-order valence-corrected chi connectivity index (χ3v) is 3.49. The second-order valence-corrected chi connectivity index (χ2v) is 5.03. The first-order chi connectivity index (χ1) is 10.3. The Hall–Kier alpha value is -2.40. The van der Waals surface area contributed by atoms with E-state index >= 15 is 0 Å². The van der Waals surface area contributed by atoms with Gasteiger partial charge in [-0.3, -0.25) is 0 Å². The van der Waals surface area contributed by atoms with Gasteiger partial charge in [0, 0.05) is 31.3 Å². The third-order valence-electron chi connectivity index (χ3n) is 3.49. The highest BCUT2D eigenvalue weighted by Gasteiger charge is 2.09. The van der Waals surface area contributed by atoms with Crippen LogP contribution in [0.3, 0.4) is 0 Å². The first kappa shape index (κ1) is 13.6. The van der Waals surface area contributed by atoms with Crippen molar-refractivity contribution in [3.8, 4) is 0 Å². The summed E-state index contributed by atoms with van der Waals surface area (Å²) in [4.78, 5) is 11.8. The molecule has 5 nitrogen and oxygen atoms in total. The normalized spacial score (nSPS) is 12.4. The first-order valence-corrected chi connectivity index (χ1v) is 7.09. The lowest BCUT2D eigenvalue weighted by Crippen LogP contribution is -2.21. The van der Waals surface area contributed by atoms with E-state index in [-0.39, 0.29) is 6.04 Å². The summed E-state index contributed by atoms with van der Waals surface area (Å²) < 4.78 is 2.16. The number of imidazole rings is 2. The topological polar surface area (TPSA) is 58.5 Å². The highest BCUT2D eigenvalue weighted by Crippen LogP contribution is 2.09. The van der Waals surface area contributed by atoms with Gasteiger partial charge < -0.3 is 14.9 Å². The van der Waals surface area contributed by atoms with Gasteiger partial charge >= 0.3 is 0 Å². The van der Waals surface area contributed by atoms with Gasteiger partial charge in [-0.15, -0.1) is 0 Å². The zero-order chi connectivity index (χ0) is 14.5. The van der Waals surface area contributed by atoms with Crippen molar-refractivity contribution >= 4 is 0 Å². The number of benzene rings is 1. The standard InChI is InChI=1S/C16H19N5/c1-13(16-18-7-8-19-16)20-11-15-17-9-10-21(15)12-14-5-3-2-4-6-14/h2-10,13,20H,11-12H2,1H3,(H,18,19)/t13-/m0/s1. The van der Waals surface area contributed by atoms with Crippen LogP contribution in [-0.2, 0) is 13.1 Å². The van der Waals surface area contributed by atoms with Gasteiger partial charge in [0.05, 0.1) is 12.6 Å². The molecule has 0 aliphatic carbocycles. The van der Waals surface area contributed by atoms with Gasteiger partial charge in [-0.25, -0.2) is 9.97 Å². The molecular formula is C16H19N5. The fourth-order valence-electron chi connectivity index (χ4n) is 2.29. The van der Waals surface area contributed by atoms with Crippen LogP contribution in [0.2, 0.25) is 0 Å². The summed E-state index contributed by atoms with van der Waals surface area (Å²) in [6.07, 6.45) is 7.47. The van der Waals surface area contributed by atoms with Gasteiger partial charge in [0.1, 0.15) is 11.6 Å². The van der Waals surface area contributed by atoms with Gasteiger partial charge in [-0.1, -0.05) is 30.3 Å². The number of nitrogens with one attached hydrogen (secondary N) is 2. The molecular weight excluding hydrogens is 262 g/mol. The maximum absolute atomic E-state index is 4.44. The molecule has 0 radical (unpaired) electrons. The van der Waals surface area contributed by atoms with Crippen molar-refractivity contribution < 1.29 is 0 Å². The van der Waals surface area contributed by atoms with Gasteiger partial charge in [0.25, 0.3) is 0 Å². The Morgan fingerprint density at radius 2 is 2.05 bits per heavy atom. The van der Waals surface area contributed by atoms with Crippen LogP contribution in [-0.4, -0.2) is 19.5 Å². The molecule has 0 bridgehead atoms. The Morgan fingerprint density at radius 3 is 2.81 bits per heavy atom. The minimum absolute atomic E-state index is 0.168. The van der Waals surface area contributed by atoms with E-state index < -0.39 is 0 Å². The monoisotopic (exact) mass is 281 g/mol. The predicted molar refractivity (Wildman–Crippen MR) is 81.6 cm³/mol. The van der Waals surface area contributed by atoms with E-state index in [0.717, 1.165) is 18.2 Å². The van der Waals surface area contributed by atoms with Gasteiger partial charge in [-0.05, 0) is 12.5 Å². The maximum atomic E-state index is 4.44. The number of aromatic amines is 1. The Balaban J connectivity index is 1.63. The first-order valence-electron chi connectivity index (χ1n) is 7.09. The highest BCUT2D eigenvalue weighted by molar-refractivity contribution is 5.15. The Bertz CT molecular complexity index is 657. The second-order valence-electron chi connectivity index (χ2n) is 5.03. The van der Waals surface area contributed by atoms with Gasteiger partial charge in [0.15, 0.2) is 0 Å². The summed E-state index contributed by atoms with van der Waals surface area (Å²) in [5, 5.41) is 3.44. The smallest absolute Gasteiger partial charge is 0.122 e. The molecule has 0 aliphatic rings. The van der Waals surface area contributed by atoms with E-state index in [1.54, 1.807) is 6.20 Å². The molecule has 0 saturated carbocycles. The van der Waals surface area contributed by atoms with Gasteiger partial charge in [-0.2, -0.15) is 0 Å². The number of hydrogen-bond donors (Lipinski definition) is 2. The molecule has 1 atom stereocenters. The van der Waals surface area contributed by atoms with Crippen molar-refractivity contribution in [1.29, 1.82) is 0 Å². The zero-order valence-electron chi connectivity index (χ0n) is 12.0. The molecule has 0 saturated heterocycles. The van der Waals surface area contributed by atoms with E-state index in [2.05, 4.69) is 56.0 Å². The summed E-state index contributed by atoms with van der Waals surface area (Å²) in [5.41, 5.74) is 1.27. The van der Waals surface area contributed by atoms with Crippen LogP contribution in [0.15, 0.2) is 55.1 Å². The third kappa shape index (κ3) is 3.38. The van der Waals surface area contributed by atoms with E-state index in [1.807, 2.05) is 24.7 Å². The molecule has 21 heavy (non-hydrogen) atoms. The summed E-state index contributed by atoms with van der Waals surface area (Å²) in [5.74, 6) is 1.97.